The second-order valence-corrected chi connectivity index (χ2v) is 3.44. The van der Waals surface area contributed by atoms with Crippen molar-refractivity contribution in [2.45, 2.75) is 38.4 Å². The molecule has 0 aromatic carbocycles. The van der Waals surface area contributed by atoms with Crippen molar-refractivity contribution in [1.82, 2.24) is 10.6 Å². The first-order valence-electron chi connectivity index (χ1n) is 4.89. The summed E-state index contributed by atoms with van der Waals surface area (Å²) in [4.78, 5) is 11.3. The molecule has 2 atom stereocenters. The van der Waals surface area contributed by atoms with Gasteiger partial charge in [0.1, 0.15) is 6.17 Å². The molecule has 4 heteroatoms. The number of amides is 1. The lowest BCUT2D eigenvalue weighted by Gasteiger charge is -2.09. The van der Waals surface area contributed by atoms with Crippen molar-refractivity contribution in [2.75, 3.05) is 13.1 Å². The average Bonchev–Trinajstić information content (AvgIpc) is 2.52. The van der Waals surface area contributed by atoms with Gasteiger partial charge in [0, 0.05) is 19.5 Å². The first-order chi connectivity index (χ1) is 6.24. The molecular weight excluding hydrogens is 171 g/mol. The number of unbranched alkanes of at least 4 members (excludes halogenated alkanes) is 1. The molecule has 1 fully saturated rings. The molecule has 1 rings (SSSR count). The fourth-order valence-electron chi connectivity index (χ4n) is 1.40. The van der Waals surface area contributed by atoms with Gasteiger partial charge in [0.25, 0.3) is 0 Å². The molecule has 0 aliphatic carbocycles. The molecule has 1 unspecified atom stereocenters. The van der Waals surface area contributed by atoms with Crippen LogP contribution in [-0.2, 0) is 4.79 Å². The summed E-state index contributed by atoms with van der Waals surface area (Å²) in [5.74, 6) is -0.0615. The minimum Gasteiger partial charge on any atom is -0.355 e. The first kappa shape index (κ1) is 10.4. The second-order valence-electron chi connectivity index (χ2n) is 3.44. The maximum atomic E-state index is 12.7. The van der Waals surface area contributed by atoms with Crippen LogP contribution in [0.1, 0.15) is 26.2 Å². The third kappa shape index (κ3) is 3.30. The van der Waals surface area contributed by atoms with Gasteiger partial charge in [0.2, 0.25) is 5.91 Å². The number of carbonyl (C=O) groups excluding carboxylic acids is 1. The smallest absolute Gasteiger partial charge is 0.237 e. The summed E-state index contributed by atoms with van der Waals surface area (Å²) >= 11 is 0. The van der Waals surface area contributed by atoms with Crippen molar-refractivity contribution in [3.05, 3.63) is 0 Å². The normalized spacial score (nSPS) is 27.5. The molecule has 0 aromatic heterocycles. The van der Waals surface area contributed by atoms with Crippen molar-refractivity contribution in [1.29, 1.82) is 0 Å². The molecule has 76 valence electrons. The number of hydrogen-bond acceptors (Lipinski definition) is 2. The van der Waals surface area contributed by atoms with Crippen LogP contribution in [0.4, 0.5) is 4.39 Å². The van der Waals surface area contributed by atoms with E-state index in [1.165, 1.54) is 0 Å². The topological polar surface area (TPSA) is 41.1 Å². The van der Waals surface area contributed by atoms with Crippen LogP contribution < -0.4 is 10.6 Å². The molecule has 1 saturated heterocycles. The predicted octanol–water partition coefficient (Wildman–Crippen LogP) is 0.603. The lowest BCUT2D eigenvalue weighted by atomic mass is 10.2. The Hall–Kier alpha value is -0.640. The van der Waals surface area contributed by atoms with Gasteiger partial charge in [0.15, 0.2) is 0 Å². The Bertz CT molecular complexity index is 175. The van der Waals surface area contributed by atoms with Crippen LogP contribution in [0, 0.1) is 0 Å². The molecule has 0 aromatic rings. The van der Waals surface area contributed by atoms with E-state index in [1.807, 2.05) is 0 Å². The Kier molecular flexibility index (Phi) is 4.15. The molecule has 0 saturated carbocycles. The summed E-state index contributed by atoms with van der Waals surface area (Å²) in [6.45, 7) is 3.08. The average molecular weight is 188 g/mol. The van der Waals surface area contributed by atoms with Crippen molar-refractivity contribution in [2.24, 2.45) is 0 Å². The van der Waals surface area contributed by atoms with Gasteiger partial charge in [-0.15, -0.1) is 0 Å². The summed E-state index contributed by atoms with van der Waals surface area (Å²) in [5, 5.41) is 5.62. The molecule has 1 aliphatic rings. The van der Waals surface area contributed by atoms with Crippen LogP contribution >= 0.6 is 0 Å². The van der Waals surface area contributed by atoms with E-state index in [0.29, 0.717) is 19.5 Å². The molecule has 1 aliphatic heterocycles. The number of hydrogen-bond donors (Lipinski definition) is 2. The number of carbonyl (C=O) groups is 1. The Morgan fingerprint density at radius 2 is 2.46 bits per heavy atom. The Labute approximate surface area is 78.1 Å². The van der Waals surface area contributed by atoms with Crippen molar-refractivity contribution >= 4 is 5.91 Å². The van der Waals surface area contributed by atoms with Crippen LogP contribution in [0.2, 0.25) is 0 Å². The van der Waals surface area contributed by atoms with Crippen molar-refractivity contribution in [3.63, 3.8) is 0 Å². The van der Waals surface area contributed by atoms with E-state index >= 15 is 0 Å². The lowest BCUT2D eigenvalue weighted by molar-refractivity contribution is -0.122. The van der Waals surface area contributed by atoms with Crippen molar-refractivity contribution in [3.8, 4) is 0 Å². The van der Waals surface area contributed by atoms with E-state index in [1.54, 1.807) is 0 Å². The maximum Gasteiger partial charge on any atom is 0.237 e. The van der Waals surface area contributed by atoms with E-state index in [4.69, 9.17) is 0 Å². The van der Waals surface area contributed by atoms with Crippen LogP contribution in [0.25, 0.3) is 0 Å². The maximum absolute atomic E-state index is 12.7. The third-order valence-electron chi connectivity index (χ3n) is 2.22. The highest BCUT2D eigenvalue weighted by Crippen LogP contribution is 2.09. The SMILES string of the molecule is CCCCNC(=O)[C@@H]1CC(F)CN1. The minimum absolute atomic E-state index is 0.0615. The minimum atomic E-state index is -0.859. The molecule has 2 N–H and O–H groups in total. The largest absolute Gasteiger partial charge is 0.355 e. The monoisotopic (exact) mass is 188 g/mol. The zero-order valence-corrected chi connectivity index (χ0v) is 7.98. The third-order valence-corrected chi connectivity index (χ3v) is 2.22. The Balaban J connectivity index is 2.16. The van der Waals surface area contributed by atoms with Gasteiger partial charge in [-0.2, -0.15) is 0 Å². The van der Waals surface area contributed by atoms with E-state index in [0.717, 1.165) is 12.8 Å². The molecule has 1 heterocycles. The van der Waals surface area contributed by atoms with Crippen molar-refractivity contribution < 1.29 is 9.18 Å². The van der Waals surface area contributed by atoms with Gasteiger partial charge >= 0.3 is 0 Å². The van der Waals surface area contributed by atoms with Gasteiger partial charge in [-0.25, -0.2) is 4.39 Å². The molecule has 1 amide bonds. The quantitative estimate of drug-likeness (QED) is 0.634. The van der Waals surface area contributed by atoms with E-state index in [9.17, 15) is 9.18 Å². The van der Waals surface area contributed by atoms with Crippen LogP contribution in [0.5, 0.6) is 0 Å². The first-order valence-corrected chi connectivity index (χ1v) is 4.89. The summed E-state index contributed by atoms with van der Waals surface area (Å²) in [6.07, 6.45) is 1.50. The summed E-state index contributed by atoms with van der Waals surface area (Å²) in [6, 6.07) is -0.313. The molecule has 0 radical (unpaired) electrons. The fourth-order valence-corrected chi connectivity index (χ4v) is 1.40. The number of nitrogens with one attached hydrogen (secondary N) is 2. The van der Waals surface area contributed by atoms with Gasteiger partial charge in [0.05, 0.1) is 6.04 Å². The standard InChI is InChI=1S/C9H17FN2O/c1-2-3-4-11-9(13)8-5-7(10)6-12-8/h7-8,12H,2-6H2,1H3,(H,11,13)/t7?,8-/m0/s1. The summed E-state index contributed by atoms with van der Waals surface area (Å²) in [7, 11) is 0. The number of halogens is 1. The van der Waals surface area contributed by atoms with Gasteiger partial charge in [-0.05, 0) is 6.42 Å². The van der Waals surface area contributed by atoms with Crippen LogP contribution in [0.3, 0.4) is 0 Å². The van der Waals surface area contributed by atoms with E-state index < -0.39 is 6.17 Å². The Morgan fingerprint density at radius 1 is 1.69 bits per heavy atom. The highest BCUT2D eigenvalue weighted by atomic mass is 19.1. The van der Waals surface area contributed by atoms with E-state index in [2.05, 4.69) is 17.6 Å². The van der Waals surface area contributed by atoms with Gasteiger partial charge in [-0.1, -0.05) is 13.3 Å². The number of alkyl halides is 1. The Morgan fingerprint density at radius 3 is 3.00 bits per heavy atom. The highest BCUT2D eigenvalue weighted by molar-refractivity contribution is 5.82. The summed E-state index contributed by atoms with van der Waals surface area (Å²) in [5.41, 5.74) is 0. The molecule has 13 heavy (non-hydrogen) atoms. The number of rotatable bonds is 4. The highest BCUT2D eigenvalue weighted by Gasteiger charge is 2.28. The molecule has 0 spiro atoms. The van der Waals surface area contributed by atoms with Gasteiger partial charge < -0.3 is 10.6 Å². The summed E-state index contributed by atoms with van der Waals surface area (Å²) < 4.78 is 12.7. The van der Waals surface area contributed by atoms with Crippen LogP contribution in [-0.4, -0.2) is 31.2 Å². The molecular formula is C9H17FN2O. The fraction of sp³-hybridized carbons (Fsp3) is 0.889. The lowest BCUT2D eigenvalue weighted by Crippen LogP contribution is -2.40. The predicted molar refractivity (Wildman–Crippen MR) is 49.2 cm³/mol. The molecule has 3 nitrogen and oxygen atoms in total. The van der Waals surface area contributed by atoms with E-state index in [-0.39, 0.29) is 11.9 Å². The van der Waals surface area contributed by atoms with Crippen LogP contribution in [0.15, 0.2) is 0 Å². The molecule has 0 bridgehead atoms. The zero-order valence-electron chi connectivity index (χ0n) is 7.98. The van der Waals surface area contributed by atoms with Gasteiger partial charge in [-0.3, -0.25) is 4.79 Å². The zero-order chi connectivity index (χ0) is 9.68. The second kappa shape index (κ2) is 5.17.